The van der Waals surface area contributed by atoms with Crippen LogP contribution in [0.5, 0.6) is 0 Å². The predicted molar refractivity (Wildman–Crippen MR) is 72.1 cm³/mol. The SMILES string of the molecule is CC1CCC(C#N)(C(C)(O)c2ccccc2Cl)C1. The third-order valence-corrected chi connectivity index (χ3v) is 4.63. The number of benzene rings is 1. The molecule has 2 nitrogen and oxygen atoms in total. The topological polar surface area (TPSA) is 44.0 Å². The van der Waals surface area contributed by atoms with E-state index in [4.69, 9.17) is 11.6 Å². The number of rotatable bonds is 2. The van der Waals surface area contributed by atoms with E-state index in [2.05, 4.69) is 13.0 Å². The first-order valence-electron chi connectivity index (χ1n) is 6.31. The molecule has 2 rings (SSSR count). The van der Waals surface area contributed by atoms with Gasteiger partial charge in [-0.25, -0.2) is 0 Å². The van der Waals surface area contributed by atoms with Crippen molar-refractivity contribution in [2.75, 3.05) is 0 Å². The lowest BCUT2D eigenvalue weighted by Crippen LogP contribution is -2.41. The van der Waals surface area contributed by atoms with Crippen molar-refractivity contribution in [2.45, 2.75) is 38.7 Å². The molecule has 0 heterocycles. The Hall–Kier alpha value is -1.04. The van der Waals surface area contributed by atoms with Gasteiger partial charge in [0.25, 0.3) is 0 Å². The lowest BCUT2D eigenvalue weighted by atomic mass is 9.68. The summed E-state index contributed by atoms with van der Waals surface area (Å²) in [6, 6.07) is 9.61. The second-order valence-corrected chi connectivity index (χ2v) is 6.00. The standard InChI is InChI=1S/C15H18ClNO/c1-11-7-8-15(9-11,10-17)14(2,18)12-5-3-4-6-13(12)16/h3-6,11,18H,7-9H2,1-2H3. The van der Waals surface area contributed by atoms with Gasteiger partial charge in [-0.1, -0.05) is 36.7 Å². The van der Waals surface area contributed by atoms with Crippen molar-refractivity contribution in [3.63, 3.8) is 0 Å². The quantitative estimate of drug-likeness (QED) is 0.880. The van der Waals surface area contributed by atoms with Gasteiger partial charge in [-0.05, 0) is 38.2 Å². The van der Waals surface area contributed by atoms with Crippen LogP contribution in [0.1, 0.15) is 38.7 Å². The Morgan fingerprint density at radius 3 is 2.67 bits per heavy atom. The van der Waals surface area contributed by atoms with Crippen LogP contribution < -0.4 is 0 Å². The lowest BCUT2D eigenvalue weighted by Gasteiger charge is -2.38. The van der Waals surface area contributed by atoms with Gasteiger partial charge in [0.1, 0.15) is 5.60 Å². The highest BCUT2D eigenvalue weighted by Gasteiger charge is 2.52. The maximum Gasteiger partial charge on any atom is 0.107 e. The first-order valence-corrected chi connectivity index (χ1v) is 6.69. The molecule has 18 heavy (non-hydrogen) atoms. The van der Waals surface area contributed by atoms with E-state index in [9.17, 15) is 10.4 Å². The second-order valence-electron chi connectivity index (χ2n) is 5.59. The van der Waals surface area contributed by atoms with Crippen molar-refractivity contribution in [3.05, 3.63) is 34.9 Å². The molecule has 3 heteroatoms. The van der Waals surface area contributed by atoms with E-state index in [-0.39, 0.29) is 0 Å². The maximum absolute atomic E-state index is 10.9. The van der Waals surface area contributed by atoms with Gasteiger partial charge in [0.15, 0.2) is 0 Å². The highest BCUT2D eigenvalue weighted by molar-refractivity contribution is 6.31. The molecule has 0 amide bonds. The van der Waals surface area contributed by atoms with Crippen LogP contribution in [0.2, 0.25) is 5.02 Å². The summed E-state index contributed by atoms with van der Waals surface area (Å²) in [5.41, 5.74) is -1.27. The molecule has 3 unspecified atom stereocenters. The fraction of sp³-hybridized carbons (Fsp3) is 0.533. The smallest absolute Gasteiger partial charge is 0.107 e. The summed E-state index contributed by atoms with van der Waals surface area (Å²) in [5.74, 6) is 0.471. The largest absolute Gasteiger partial charge is 0.384 e. The van der Waals surface area contributed by atoms with Crippen molar-refractivity contribution in [3.8, 4) is 6.07 Å². The Morgan fingerprint density at radius 2 is 2.17 bits per heavy atom. The van der Waals surface area contributed by atoms with E-state index >= 15 is 0 Å². The van der Waals surface area contributed by atoms with Gasteiger partial charge in [0.2, 0.25) is 0 Å². The number of nitriles is 1. The van der Waals surface area contributed by atoms with Crippen molar-refractivity contribution in [2.24, 2.45) is 11.3 Å². The molecule has 1 aliphatic rings. The van der Waals surface area contributed by atoms with E-state index in [1.165, 1.54) is 0 Å². The minimum atomic E-state index is -1.20. The Morgan fingerprint density at radius 1 is 1.50 bits per heavy atom. The molecular weight excluding hydrogens is 246 g/mol. The van der Waals surface area contributed by atoms with Gasteiger partial charge >= 0.3 is 0 Å². The number of nitrogens with zero attached hydrogens (tertiary/aromatic N) is 1. The summed E-state index contributed by atoms with van der Waals surface area (Å²) in [4.78, 5) is 0. The number of halogens is 1. The van der Waals surface area contributed by atoms with Gasteiger partial charge in [0.05, 0.1) is 11.5 Å². The molecule has 0 saturated heterocycles. The normalized spacial score (nSPS) is 30.7. The summed E-state index contributed by atoms with van der Waals surface area (Å²) in [6.07, 6.45) is 2.43. The summed E-state index contributed by atoms with van der Waals surface area (Å²) in [5, 5.41) is 21.0. The van der Waals surface area contributed by atoms with Crippen molar-refractivity contribution in [1.29, 1.82) is 5.26 Å². The summed E-state index contributed by atoms with van der Waals surface area (Å²) in [7, 11) is 0. The number of hydrogen-bond donors (Lipinski definition) is 1. The monoisotopic (exact) mass is 263 g/mol. The highest BCUT2D eigenvalue weighted by atomic mass is 35.5. The first kappa shape index (κ1) is 13.4. The Balaban J connectivity index is 2.48. The van der Waals surface area contributed by atoms with Gasteiger partial charge in [-0.2, -0.15) is 5.26 Å². The zero-order valence-corrected chi connectivity index (χ0v) is 11.5. The van der Waals surface area contributed by atoms with E-state index in [0.29, 0.717) is 16.5 Å². The van der Waals surface area contributed by atoms with Crippen LogP contribution in [0.15, 0.2) is 24.3 Å². The van der Waals surface area contributed by atoms with Gasteiger partial charge in [-0.15, -0.1) is 0 Å². The maximum atomic E-state index is 10.9. The first-order chi connectivity index (χ1) is 8.43. The molecule has 0 bridgehead atoms. The summed E-state index contributed by atoms with van der Waals surface area (Å²) < 4.78 is 0. The average Bonchev–Trinajstić information content (AvgIpc) is 2.73. The average molecular weight is 264 g/mol. The van der Waals surface area contributed by atoms with Crippen LogP contribution in [0.4, 0.5) is 0 Å². The molecule has 1 fully saturated rings. The van der Waals surface area contributed by atoms with Crippen LogP contribution in [0.3, 0.4) is 0 Å². The van der Waals surface area contributed by atoms with Gasteiger partial charge in [0, 0.05) is 10.6 Å². The Kier molecular flexibility index (Phi) is 3.40. The van der Waals surface area contributed by atoms with Crippen molar-refractivity contribution >= 4 is 11.6 Å². The molecule has 0 radical (unpaired) electrons. The van der Waals surface area contributed by atoms with E-state index in [0.717, 1.165) is 19.3 Å². The van der Waals surface area contributed by atoms with Crippen LogP contribution in [0.25, 0.3) is 0 Å². The minimum absolute atomic E-state index is 0.471. The molecule has 96 valence electrons. The Labute approximate surface area is 113 Å². The van der Waals surface area contributed by atoms with Crippen LogP contribution in [0, 0.1) is 22.7 Å². The van der Waals surface area contributed by atoms with E-state index < -0.39 is 11.0 Å². The molecule has 3 atom stereocenters. The summed E-state index contributed by atoms with van der Waals surface area (Å²) in [6.45, 7) is 3.84. The van der Waals surface area contributed by atoms with E-state index in [1.54, 1.807) is 13.0 Å². The fourth-order valence-electron chi connectivity index (χ4n) is 3.06. The van der Waals surface area contributed by atoms with E-state index in [1.807, 2.05) is 18.2 Å². The highest BCUT2D eigenvalue weighted by Crippen LogP contribution is 2.53. The zero-order chi connectivity index (χ0) is 13.4. The van der Waals surface area contributed by atoms with Crippen LogP contribution in [-0.2, 0) is 5.60 Å². The molecule has 1 N–H and O–H groups in total. The molecule has 0 spiro atoms. The zero-order valence-electron chi connectivity index (χ0n) is 10.8. The molecule has 1 aromatic carbocycles. The third-order valence-electron chi connectivity index (χ3n) is 4.31. The summed E-state index contributed by atoms with van der Waals surface area (Å²) >= 11 is 6.17. The van der Waals surface area contributed by atoms with Crippen molar-refractivity contribution in [1.82, 2.24) is 0 Å². The molecule has 0 aromatic heterocycles. The molecular formula is C15H18ClNO. The molecule has 0 aliphatic heterocycles. The van der Waals surface area contributed by atoms with Crippen molar-refractivity contribution < 1.29 is 5.11 Å². The Bertz CT molecular complexity index is 492. The van der Waals surface area contributed by atoms with Crippen LogP contribution >= 0.6 is 11.6 Å². The molecule has 1 saturated carbocycles. The number of hydrogen-bond acceptors (Lipinski definition) is 2. The van der Waals surface area contributed by atoms with Crippen LogP contribution in [-0.4, -0.2) is 5.11 Å². The second kappa shape index (κ2) is 4.57. The number of aliphatic hydroxyl groups is 1. The van der Waals surface area contributed by atoms with Gasteiger partial charge in [-0.3, -0.25) is 0 Å². The molecule has 1 aromatic rings. The minimum Gasteiger partial charge on any atom is -0.384 e. The lowest BCUT2D eigenvalue weighted by molar-refractivity contribution is -0.0437. The molecule has 1 aliphatic carbocycles. The van der Waals surface area contributed by atoms with Gasteiger partial charge < -0.3 is 5.11 Å². The predicted octanol–water partition coefficient (Wildman–Crippen LogP) is 3.88. The fourth-order valence-corrected chi connectivity index (χ4v) is 3.38. The third kappa shape index (κ3) is 1.92.